The third-order valence-corrected chi connectivity index (χ3v) is 20.2. The van der Waals surface area contributed by atoms with E-state index in [9.17, 15) is 0 Å². The maximum absolute atomic E-state index is 2.54. The molecule has 19 rings (SSSR count). The van der Waals surface area contributed by atoms with Crippen LogP contribution in [0.25, 0.3) is 99.4 Å². The van der Waals surface area contributed by atoms with Gasteiger partial charge in [0.25, 0.3) is 0 Å². The second-order valence-corrected chi connectivity index (χ2v) is 23.6. The Morgan fingerprint density at radius 2 is 0.458 bits per heavy atom. The van der Waals surface area contributed by atoms with Gasteiger partial charge in [-0.3, -0.25) is 0 Å². The molecule has 0 saturated carbocycles. The summed E-state index contributed by atoms with van der Waals surface area (Å²) in [7, 11) is 0. The number of rotatable bonds is 4. The Bertz CT molecular complexity index is 4860. The molecule has 0 fully saturated rings. The van der Waals surface area contributed by atoms with Gasteiger partial charge in [-0.1, -0.05) is 291 Å². The molecule has 83 heavy (non-hydrogen) atoms. The fourth-order valence-corrected chi connectivity index (χ4v) is 17.3. The lowest BCUT2D eigenvalue weighted by atomic mass is 9.66. The number of hydrogen-bond donors (Lipinski definition) is 0. The molecule has 2 atom stereocenters. The standard InChI is InChI=1S/C83H50/c1-3-27-57-51(21-1)45-47-75-77(57)63-31-7-13-39-69(63)82(75)71-41-15-9-33-65(71)79-59(35-19-43-73(79)82)53-23-17-25-55(49-53)81(67-37-11-5-29-61(67)62-30-6-12-38-68(62)81)56-26-18-24-54(50-56)60-36-20-44-74-80(60)66-34-10-16-42-72(66)83(74)70-40-14-8-32-64(70)78-58-28-4-2-22-52(58)46-48-76(78)83/h1-50H. The quantitative estimate of drug-likeness (QED) is 0.165. The predicted molar refractivity (Wildman–Crippen MR) is 342 cm³/mol. The number of fused-ring (bicyclic) bond motifs is 27. The molecule has 0 amide bonds. The van der Waals surface area contributed by atoms with E-state index < -0.39 is 16.2 Å². The molecule has 0 aromatic heterocycles. The molecule has 0 heterocycles. The Morgan fingerprint density at radius 3 is 0.867 bits per heavy atom. The van der Waals surface area contributed by atoms with Gasteiger partial charge in [-0.15, -0.1) is 0 Å². The van der Waals surface area contributed by atoms with E-state index >= 15 is 0 Å². The minimum atomic E-state index is -0.651. The summed E-state index contributed by atoms with van der Waals surface area (Å²) < 4.78 is 0. The minimum Gasteiger partial charge on any atom is -0.0619 e. The van der Waals surface area contributed by atoms with Crippen LogP contribution in [0.1, 0.15) is 66.8 Å². The molecule has 0 aliphatic heterocycles. The molecular weight excluding hydrogens is 997 g/mol. The maximum Gasteiger partial charge on any atom is 0.0725 e. The van der Waals surface area contributed by atoms with E-state index in [1.807, 2.05) is 0 Å². The van der Waals surface area contributed by atoms with Crippen molar-refractivity contribution in [2.24, 2.45) is 0 Å². The zero-order valence-corrected chi connectivity index (χ0v) is 45.4. The molecule has 5 aliphatic carbocycles. The monoisotopic (exact) mass is 1050 g/mol. The van der Waals surface area contributed by atoms with Gasteiger partial charge in [0.1, 0.15) is 0 Å². The van der Waals surface area contributed by atoms with E-state index in [0.717, 1.165) is 0 Å². The van der Waals surface area contributed by atoms with Gasteiger partial charge in [-0.25, -0.2) is 0 Å². The summed E-state index contributed by atoms with van der Waals surface area (Å²) in [5.41, 5.74) is 32.4. The van der Waals surface area contributed by atoms with Crippen LogP contribution < -0.4 is 0 Å². The van der Waals surface area contributed by atoms with Crippen LogP contribution >= 0.6 is 0 Å². The lowest BCUT2D eigenvalue weighted by Crippen LogP contribution is -2.28. The highest BCUT2D eigenvalue weighted by molar-refractivity contribution is 6.09. The number of hydrogen-bond acceptors (Lipinski definition) is 0. The van der Waals surface area contributed by atoms with E-state index in [-0.39, 0.29) is 0 Å². The zero-order chi connectivity index (χ0) is 54.2. The van der Waals surface area contributed by atoms with Crippen molar-refractivity contribution in [2.75, 3.05) is 0 Å². The van der Waals surface area contributed by atoms with Crippen molar-refractivity contribution in [1.29, 1.82) is 0 Å². The van der Waals surface area contributed by atoms with Crippen molar-refractivity contribution in [3.05, 3.63) is 370 Å². The molecule has 14 aromatic rings. The Labute approximate surface area is 482 Å². The zero-order valence-electron chi connectivity index (χ0n) is 45.4. The molecule has 2 spiro atoms. The Kier molecular flexibility index (Phi) is 8.95. The van der Waals surface area contributed by atoms with Gasteiger partial charge in [-0.05, 0) is 178 Å². The third kappa shape index (κ3) is 5.48. The van der Waals surface area contributed by atoms with Gasteiger partial charge in [0.05, 0.1) is 16.2 Å². The first kappa shape index (κ1) is 45.3. The molecule has 0 N–H and O–H groups in total. The second-order valence-electron chi connectivity index (χ2n) is 23.6. The summed E-state index contributed by atoms with van der Waals surface area (Å²) in [5.74, 6) is 0. The second kappa shape index (κ2) is 16.4. The summed E-state index contributed by atoms with van der Waals surface area (Å²) in [6.07, 6.45) is 0. The smallest absolute Gasteiger partial charge is 0.0619 e. The molecule has 0 bridgehead atoms. The predicted octanol–water partition coefficient (Wildman–Crippen LogP) is 20.4. The average Bonchev–Trinajstić information content (AvgIpc) is 1.62. The van der Waals surface area contributed by atoms with Crippen LogP contribution in [0.3, 0.4) is 0 Å². The van der Waals surface area contributed by atoms with Gasteiger partial charge in [0, 0.05) is 0 Å². The molecule has 0 saturated heterocycles. The summed E-state index contributed by atoms with van der Waals surface area (Å²) >= 11 is 0. The van der Waals surface area contributed by atoms with Crippen LogP contribution in [0.15, 0.2) is 303 Å². The van der Waals surface area contributed by atoms with Crippen molar-refractivity contribution in [3.63, 3.8) is 0 Å². The fraction of sp³-hybridized carbons (Fsp3) is 0.0361. The van der Waals surface area contributed by atoms with Crippen LogP contribution in [0.4, 0.5) is 0 Å². The fourth-order valence-electron chi connectivity index (χ4n) is 17.3. The SMILES string of the molecule is c1cc(-c2cccc3c2-c2ccccc2C32c3ccccc3-c3c2ccc2ccccc32)cc(C2(c3cccc(-c4cccc5c4-c4ccccc4C54c5ccccc5-c5c4ccc4ccccc54)c3)c3ccccc3-c3ccccc32)c1. The molecule has 5 aliphatic rings. The van der Waals surface area contributed by atoms with E-state index in [0.29, 0.717) is 0 Å². The van der Waals surface area contributed by atoms with Crippen molar-refractivity contribution < 1.29 is 0 Å². The van der Waals surface area contributed by atoms with Crippen LogP contribution in [0.2, 0.25) is 0 Å². The molecule has 2 unspecified atom stereocenters. The molecular formula is C83H50. The van der Waals surface area contributed by atoms with Gasteiger partial charge in [-0.2, -0.15) is 0 Å². The van der Waals surface area contributed by atoms with Gasteiger partial charge >= 0.3 is 0 Å². The Balaban J connectivity index is 0.834. The Morgan fingerprint density at radius 1 is 0.169 bits per heavy atom. The molecule has 0 radical (unpaired) electrons. The van der Waals surface area contributed by atoms with Gasteiger partial charge in [0.15, 0.2) is 0 Å². The first-order chi connectivity index (χ1) is 41.2. The average molecular weight is 1050 g/mol. The van der Waals surface area contributed by atoms with Crippen molar-refractivity contribution in [1.82, 2.24) is 0 Å². The van der Waals surface area contributed by atoms with E-state index in [2.05, 4.69) is 303 Å². The van der Waals surface area contributed by atoms with Crippen LogP contribution in [-0.2, 0) is 16.2 Å². The normalized spacial score (nSPS) is 17.1. The first-order valence-corrected chi connectivity index (χ1v) is 29.3. The minimum absolute atomic E-state index is 0.475. The highest BCUT2D eigenvalue weighted by Crippen LogP contribution is 2.67. The maximum atomic E-state index is 2.54. The lowest BCUT2D eigenvalue weighted by molar-refractivity contribution is 0.769. The van der Waals surface area contributed by atoms with E-state index in [1.54, 1.807) is 0 Å². The van der Waals surface area contributed by atoms with Crippen LogP contribution in [0, 0.1) is 0 Å². The summed E-state index contributed by atoms with van der Waals surface area (Å²) in [6, 6.07) is 116. The van der Waals surface area contributed by atoms with E-state index in [1.165, 1.54) is 166 Å². The summed E-state index contributed by atoms with van der Waals surface area (Å²) in [6.45, 7) is 0. The summed E-state index contributed by atoms with van der Waals surface area (Å²) in [4.78, 5) is 0. The van der Waals surface area contributed by atoms with Crippen LogP contribution in [0.5, 0.6) is 0 Å². The van der Waals surface area contributed by atoms with Crippen molar-refractivity contribution >= 4 is 21.5 Å². The number of benzene rings is 14. The first-order valence-electron chi connectivity index (χ1n) is 29.3. The van der Waals surface area contributed by atoms with Crippen molar-refractivity contribution in [3.8, 4) is 77.9 Å². The van der Waals surface area contributed by atoms with Gasteiger partial charge < -0.3 is 0 Å². The summed E-state index contributed by atoms with van der Waals surface area (Å²) in [5, 5.41) is 5.15. The van der Waals surface area contributed by atoms with E-state index in [4.69, 9.17) is 0 Å². The lowest BCUT2D eigenvalue weighted by Gasteiger charge is -2.34. The molecule has 14 aromatic carbocycles. The van der Waals surface area contributed by atoms with Crippen LogP contribution in [-0.4, -0.2) is 0 Å². The topological polar surface area (TPSA) is 0 Å². The third-order valence-electron chi connectivity index (χ3n) is 20.2. The molecule has 382 valence electrons. The highest BCUT2D eigenvalue weighted by Gasteiger charge is 2.55. The molecule has 0 heteroatoms. The van der Waals surface area contributed by atoms with Gasteiger partial charge in [0.2, 0.25) is 0 Å². The largest absolute Gasteiger partial charge is 0.0725 e. The molecule has 0 nitrogen and oxygen atoms in total. The van der Waals surface area contributed by atoms with Crippen molar-refractivity contribution in [2.45, 2.75) is 16.2 Å². The highest BCUT2D eigenvalue weighted by atomic mass is 14.6. The Hall–Kier alpha value is -10.4.